The third-order valence-corrected chi connectivity index (χ3v) is 5.28. The molecule has 2 amide bonds. The van der Waals surface area contributed by atoms with Gasteiger partial charge in [-0.3, -0.25) is 9.59 Å². The fraction of sp³-hybridized carbons (Fsp3) is 0.348. The van der Waals surface area contributed by atoms with Crippen molar-refractivity contribution in [2.24, 2.45) is 0 Å². The molecule has 0 radical (unpaired) electrons. The fourth-order valence-electron chi connectivity index (χ4n) is 3.40. The molecule has 3 rings (SSSR count). The van der Waals surface area contributed by atoms with Crippen LogP contribution in [0.1, 0.15) is 36.8 Å². The summed E-state index contributed by atoms with van der Waals surface area (Å²) in [4.78, 5) is 37.2. The molecule has 0 saturated carbocycles. The highest BCUT2D eigenvalue weighted by atomic mass is 16.6. The predicted octanol–water partition coefficient (Wildman–Crippen LogP) is 3.20. The SMILES string of the molecule is CC(C(=O)O)c1ccc(OC(=O)N2CCC(NC(=O)Cc3ccccc3)CC2)cc1. The van der Waals surface area contributed by atoms with Gasteiger partial charge in [0.2, 0.25) is 5.91 Å². The Morgan fingerprint density at radius 2 is 1.70 bits per heavy atom. The summed E-state index contributed by atoms with van der Waals surface area (Å²) in [5.74, 6) is -1.16. The topological polar surface area (TPSA) is 95.9 Å². The molecule has 1 heterocycles. The standard InChI is InChI=1S/C23H26N2O5/c1-16(22(27)28)18-7-9-20(10-8-18)30-23(29)25-13-11-19(12-14-25)24-21(26)15-17-5-3-2-4-6-17/h2-10,16,19H,11-15H2,1H3,(H,24,26)(H,27,28). The number of hydrogen-bond acceptors (Lipinski definition) is 4. The number of aliphatic carboxylic acids is 1. The van der Waals surface area contributed by atoms with E-state index in [0.717, 1.165) is 5.56 Å². The van der Waals surface area contributed by atoms with E-state index in [9.17, 15) is 14.4 Å². The number of nitrogens with one attached hydrogen (secondary N) is 1. The van der Waals surface area contributed by atoms with Crippen molar-refractivity contribution in [3.05, 3.63) is 65.7 Å². The molecule has 1 saturated heterocycles. The minimum absolute atomic E-state index is 0.0158. The number of rotatable bonds is 6. The normalized spacial score (nSPS) is 15.3. The summed E-state index contributed by atoms with van der Waals surface area (Å²) in [6.45, 7) is 2.61. The monoisotopic (exact) mass is 410 g/mol. The second-order valence-corrected chi connectivity index (χ2v) is 7.49. The smallest absolute Gasteiger partial charge is 0.415 e. The van der Waals surface area contributed by atoms with Gasteiger partial charge in [0.15, 0.2) is 0 Å². The van der Waals surface area contributed by atoms with Gasteiger partial charge < -0.3 is 20.1 Å². The van der Waals surface area contributed by atoms with E-state index in [4.69, 9.17) is 9.84 Å². The van der Waals surface area contributed by atoms with Crippen LogP contribution in [0.25, 0.3) is 0 Å². The summed E-state index contributed by atoms with van der Waals surface area (Å²) in [6.07, 6.45) is 1.25. The van der Waals surface area contributed by atoms with Crippen LogP contribution in [0.4, 0.5) is 4.79 Å². The molecular weight excluding hydrogens is 384 g/mol. The third kappa shape index (κ3) is 5.83. The maximum Gasteiger partial charge on any atom is 0.415 e. The number of carbonyl (C=O) groups is 3. The first-order valence-corrected chi connectivity index (χ1v) is 10.0. The number of ether oxygens (including phenoxy) is 1. The Bertz CT molecular complexity index is 874. The molecule has 30 heavy (non-hydrogen) atoms. The number of carboxylic acid groups (broad SMARTS) is 1. The summed E-state index contributed by atoms with van der Waals surface area (Å²) in [6, 6.07) is 16.1. The lowest BCUT2D eigenvalue weighted by atomic mass is 10.0. The summed E-state index contributed by atoms with van der Waals surface area (Å²) in [5.41, 5.74) is 1.62. The molecule has 2 aromatic rings. The Balaban J connectivity index is 1.43. The van der Waals surface area contributed by atoms with Gasteiger partial charge in [0.05, 0.1) is 12.3 Å². The zero-order valence-corrected chi connectivity index (χ0v) is 16.9. The second-order valence-electron chi connectivity index (χ2n) is 7.49. The van der Waals surface area contributed by atoms with Gasteiger partial charge in [-0.1, -0.05) is 42.5 Å². The van der Waals surface area contributed by atoms with Gasteiger partial charge >= 0.3 is 12.1 Å². The van der Waals surface area contributed by atoms with Crippen molar-refractivity contribution < 1.29 is 24.2 Å². The van der Waals surface area contributed by atoms with Crippen LogP contribution >= 0.6 is 0 Å². The third-order valence-electron chi connectivity index (χ3n) is 5.28. The van der Waals surface area contributed by atoms with E-state index in [1.807, 2.05) is 30.3 Å². The second kappa shape index (κ2) is 9.91. The Morgan fingerprint density at radius 1 is 1.07 bits per heavy atom. The molecule has 0 aliphatic carbocycles. The number of hydrogen-bond donors (Lipinski definition) is 2. The van der Waals surface area contributed by atoms with Crippen LogP contribution < -0.4 is 10.1 Å². The van der Waals surface area contributed by atoms with Crippen LogP contribution in [0.15, 0.2) is 54.6 Å². The van der Waals surface area contributed by atoms with Crippen LogP contribution in [0.2, 0.25) is 0 Å². The molecule has 0 bridgehead atoms. The van der Waals surface area contributed by atoms with Crippen LogP contribution in [0.5, 0.6) is 5.75 Å². The van der Waals surface area contributed by atoms with Crippen molar-refractivity contribution in [3.63, 3.8) is 0 Å². The van der Waals surface area contributed by atoms with Crippen LogP contribution in [0.3, 0.4) is 0 Å². The summed E-state index contributed by atoms with van der Waals surface area (Å²) in [7, 11) is 0. The summed E-state index contributed by atoms with van der Waals surface area (Å²) < 4.78 is 5.40. The lowest BCUT2D eigenvalue weighted by molar-refractivity contribution is -0.138. The highest BCUT2D eigenvalue weighted by molar-refractivity contribution is 5.79. The quantitative estimate of drug-likeness (QED) is 0.762. The highest BCUT2D eigenvalue weighted by Gasteiger charge is 2.25. The Hall–Kier alpha value is -3.35. The van der Waals surface area contributed by atoms with Crippen molar-refractivity contribution in [2.75, 3.05) is 13.1 Å². The molecule has 7 nitrogen and oxygen atoms in total. The lowest BCUT2D eigenvalue weighted by Gasteiger charge is -2.31. The molecule has 2 N–H and O–H groups in total. The van der Waals surface area contributed by atoms with Gasteiger partial charge in [-0.15, -0.1) is 0 Å². The number of amides is 2. The van der Waals surface area contributed by atoms with E-state index in [1.165, 1.54) is 0 Å². The van der Waals surface area contributed by atoms with E-state index in [2.05, 4.69) is 5.32 Å². The molecule has 1 atom stereocenters. The number of piperidine rings is 1. The minimum Gasteiger partial charge on any atom is -0.481 e. The average Bonchev–Trinajstić information content (AvgIpc) is 2.75. The fourth-order valence-corrected chi connectivity index (χ4v) is 3.40. The van der Waals surface area contributed by atoms with Gasteiger partial charge in [-0.2, -0.15) is 0 Å². The first-order valence-electron chi connectivity index (χ1n) is 10.0. The van der Waals surface area contributed by atoms with E-state index in [0.29, 0.717) is 43.7 Å². The van der Waals surface area contributed by atoms with E-state index in [1.54, 1.807) is 36.1 Å². The van der Waals surface area contributed by atoms with Crippen LogP contribution in [-0.2, 0) is 16.0 Å². The number of likely N-dealkylation sites (tertiary alicyclic amines) is 1. The number of carbonyl (C=O) groups excluding carboxylic acids is 2. The first-order chi connectivity index (χ1) is 14.4. The van der Waals surface area contributed by atoms with E-state index in [-0.39, 0.29) is 11.9 Å². The van der Waals surface area contributed by atoms with Gasteiger partial charge in [0.25, 0.3) is 0 Å². The molecule has 1 fully saturated rings. The summed E-state index contributed by atoms with van der Waals surface area (Å²) >= 11 is 0. The van der Waals surface area contributed by atoms with Gasteiger partial charge in [-0.25, -0.2) is 4.79 Å². The van der Waals surface area contributed by atoms with Crippen LogP contribution in [0, 0.1) is 0 Å². The molecule has 0 aromatic heterocycles. The van der Waals surface area contributed by atoms with Gasteiger partial charge in [0.1, 0.15) is 5.75 Å². The lowest BCUT2D eigenvalue weighted by Crippen LogP contribution is -2.47. The maximum atomic E-state index is 12.4. The van der Waals surface area contributed by atoms with Crippen molar-refractivity contribution in [2.45, 2.75) is 38.1 Å². The molecule has 158 valence electrons. The van der Waals surface area contributed by atoms with Gasteiger partial charge in [0, 0.05) is 19.1 Å². The number of nitrogens with zero attached hydrogens (tertiary/aromatic N) is 1. The molecular formula is C23H26N2O5. The highest BCUT2D eigenvalue weighted by Crippen LogP contribution is 2.21. The molecule has 2 aromatic carbocycles. The first kappa shape index (κ1) is 21.4. The van der Waals surface area contributed by atoms with Crippen molar-refractivity contribution >= 4 is 18.0 Å². The number of benzene rings is 2. The largest absolute Gasteiger partial charge is 0.481 e. The predicted molar refractivity (Wildman–Crippen MR) is 111 cm³/mol. The number of carboxylic acids is 1. The maximum absolute atomic E-state index is 12.4. The molecule has 1 unspecified atom stereocenters. The summed E-state index contributed by atoms with van der Waals surface area (Å²) in [5, 5.41) is 12.1. The molecule has 7 heteroatoms. The Labute approximate surface area is 175 Å². The average molecular weight is 410 g/mol. The van der Waals surface area contributed by atoms with Gasteiger partial charge in [-0.05, 0) is 43.0 Å². The Morgan fingerprint density at radius 3 is 2.30 bits per heavy atom. The van der Waals surface area contributed by atoms with Crippen molar-refractivity contribution in [1.82, 2.24) is 10.2 Å². The van der Waals surface area contributed by atoms with E-state index < -0.39 is 18.0 Å². The van der Waals surface area contributed by atoms with E-state index >= 15 is 0 Å². The zero-order valence-electron chi connectivity index (χ0n) is 16.9. The molecule has 1 aliphatic heterocycles. The minimum atomic E-state index is -0.904. The molecule has 1 aliphatic rings. The van der Waals surface area contributed by atoms with Crippen LogP contribution in [-0.4, -0.2) is 47.1 Å². The Kier molecular flexibility index (Phi) is 7.06. The van der Waals surface area contributed by atoms with Crippen molar-refractivity contribution in [3.8, 4) is 5.75 Å². The van der Waals surface area contributed by atoms with Crippen molar-refractivity contribution in [1.29, 1.82) is 0 Å². The molecule has 0 spiro atoms. The zero-order chi connectivity index (χ0) is 21.5.